The van der Waals surface area contributed by atoms with Crippen molar-refractivity contribution in [2.24, 2.45) is 5.92 Å². The summed E-state index contributed by atoms with van der Waals surface area (Å²) in [5, 5.41) is 25.8. The van der Waals surface area contributed by atoms with E-state index in [1.165, 1.54) is 28.8 Å². The Morgan fingerprint density at radius 1 is 0.962 bits per heavy atom. The van der Waals surface area contributed by atoms with Gasteiger partial charge in [-0.05, 0) is 17.7 Å². The number of benzene rings is 4. The third-order valence-electron chi connectivity index (χ3n) is 11.3. The third kappa shape index (κ3) is 7.67. The minimum atomic E-state index is -0.821. The number of carbonyl (C=O) groups is 1. The van der Waals surface area contributed by atoms with Crippen LogP contribution in [-0.2, 0) is 38.5 Å². The summed E-state index contributed by atoms with van der Waals surface area (Å²) >= 11 is -0.781. The van der Waals surface area contributed by atoms with Crippen LogP contribution in [0.2, 0.25) is 0 Å². The van der Waals surface area contributed by atoms with Crippen LogP contribution < -0.4 is 15.6 Å². The number of aliphatic hydroxyl groups is 1. The van der Waals surface area contributed by atoms with E-state index in [4.69, 9.17) is 9.47 Å². The number of ether oxygens (including phenoxy) is 2. The van der Waals surface area contributed by atoms with E-state index in [1.807, 2.05) is 24.3 Å². The zero-order valence-corrected chi connectivity index (χ0v) is 31.8. The van der Waals surface area contributed by atoms with Crippen molar-refractivity contribution >= 4 is 32.6 Å². The van der Waals surface area contributed by atoms with Crippen LogP contribution >= 0.6 is 0 Å². The molecule has 10 heteroatoms. The van der Waals surface area contributed by atoms with Crippen LogP contribution in [0.15, 0.2) is 102 Å². The van der Waals surface area contributed by atoms with E-state index >= 15 is 0 Å². The van der Waals surface area contributed by atoms with E-state index < -0.39 is 26.1 Å². The van der Waals surface area contributed by atoms with Crippen LogP contribution in [0.5, 0.6) is 11.5 Å². The minimum absolute atomic E-state index is 0.00743. The molecule has 0 amide bonds. The van der Waals surface area contributed by atoms with Gasteiger partial charge >= 0.3 is 232 Å². The maximum absolute atomic E-state index is 14.2. The molecular formula is C43H46AsN3O6. The summed E-state index contributed by atoms with van der Waals surface area (Å²) < 4.78 is 12.2. The Hall–Kier alpha value is -4.40. The van der Waals surface area contributed by atoms with Crippen molar-refractivity contribution < 1.29 is 24.5 Å². The molecule has 4 heterocycles. The Kier molecular flexibility index (Phi) is 10.4. The van der Waals surface area contributed by atoms with Gasteiger partial charge in [0.25, 0.3) is 0 Å². The SMILES string of the molecule is O=C(O[C@H]1CN2CCC1CC2)C1([AsH]Cc2cccc(OCc3ccc(CNC[C@H](O)c4ccc(O)c5[nH]c(=O)ccc45)cc3)c2)CCc2ccccc21. The first kappa shape index (κ1) is 35.6. The van der Waals surface area contributed by atoms with Crippen LogP contribution in [0, 0.1) is 5.92 Å². The number of aliphatic hydroxyl groups excluding tert-OH is 1. The number of aromatic amines is 1. The Morgan fingerprint density at radius 3 is 2.58 bits per heavy atom. The average molecular weight is 776 g/mol. The number of rotatable bonds is 13. The molecule has 0 spiro atoms. The van der Waals surface area contributed by atoms with E-state index in [0.29, 0.717) is 42.1 Å². The van der Waals surface area contributed by atoms with Crippen molar-refractivity contribution in [2.45, 2.75) is 60.5 Å². The molecule has 4 atom stereocenters. The van der Waals surface area contributed by atoms with Crippen molar-refractivity contribution in [1.82, 2.24) is 15.2 Å². The summed E-state index contributed by atoms with van der Waals surface area (Å²) in [7, 11) is 0. The van der Waals surface area contributed by atoms with E-state index in [1.54, 1.807) is 12.1 Å². The first-order valence-corrected chi connectivity index (χ1v) is 21.2. The van der Waals surface area contributed by atoms with Gasteiger partial charge in [0.1, 0.15) is 5.75 Å². The molecule has 4 aliphatic rings. The molecule has 2 unspecified atom stereocenters. The number of fused-ring (bicyclic) bond motifs is 5. The molecule has 2 bridgehead atoms. The zero-order valence-electron chi connectivity index (χ0n) is 29.7. The number of nitrogens with zero attached hydrogens (tertiary/aromatic N) is 1. The number of phenolic OH excluding ortho intramolecular Hbond substituents is 1. The molecule has 53 heavy (non-hydrogen) atoms. The Labute approximate surface area is 316 Å². The second kappa shape index (κ2) is 15.5. The predicted octanol–water partition coefficient (Wildman–Crippen LogP) is 5.05. The Bertz CT molecular complexity index is 2150. The van der Waals surface area contributed by atoms with Gasteiger partial charge in [-0.2, -0.15) is 0 Å². The van der Waals surface area contributed by atoms with Gasteiger partial charge in [-0.15, -0.1) is 0 Å². The normalized spacial score (nSPS) is 22.6. The monoisotopic (exact) mass is 775 g/mol. The van der Waals surface area contributed by atoms with Gasteiger partial charge in [-0.3, -0.25) is 4.79 Å². The second-order valence-electron chi connectivity index (χ2n) is 14.7. The fourth-order valence-electron chi connectivity index (χ4n) is 8.29. The first-order valence-electron chi connectivity index (χ1n) is 18.6. The number of aromatic hydroxyl groups is 1. The number of hydrogen-bond acceptors (Lipinski definition) is 8. The molecule has 0 saturated carbocycles. The van der Waals surface area contributed by atoms with Gasteiger partial charge in [0.2, 0.25) is 5.56 Å². The number of hydrogen-bond donors (Lipinski definition) is 4. The molecule has 274 valence electrons. The summed E-state index contributed by atoms with van der Waals surface area (Å²) in [6.07, 6.45) is 3.22. The molecular weight excluding hydrogens is 729 g/mol. The fourth-order valence-corrected chi connectivity index (χ4v) is 11.8. The molecule has 9 rings (SSSR count). The van der Waals surface area contributed by atoms with Gasteiger partial charge in [-0.1, -0.05) is 6.07 Å². The van der Waals surface area contributed by atoms with Crippen molar-refractivity contribution in [3.8, 4) is 11.5 Å². The summed E-state index contributed by atoms with van der Waals surface area (Å²) in [6, 6.07) is 31.2. The summed E-state index contributed by atoms with van der Waals surface area (Å²) in [4.78, 5) is 31.0. The zero-order chi connectivity index (χ0) is 36.4. The molecule has 4 aromatic carbocycles. The molecule has 5 aromatic rings. The van der Waals surface area contributed by atoms with Crippen molar-refractivity contribution in [1.29, 1.82) is 0 Å². The summed E-state index contributed by atoms with van der Waals surface area (Å²) in [5.74, 6) is 1.29. The summed E-state index contributed by atoms with van der Waals surface area (Å²) in [5.41, 5.74) is 6.44. The summed E-state index contributed by atoms with van der Waals surface area (Å²) in [6.45, 7) is 4.44. The number of piperidine rings is 3. The van der Waals surface area contributed by atoms with E-state index in [9.17, 15) is 19.8 Å². The van der Waals surface area contributed by atoms with Gasteiger partial charge in [0.05, 0.1) is 11.6 Å². The number of carbonyl (C=O) groups excluding carboxylic acids is 1. The molecule has 0 radical (unpaired) electrons. The van der Waals surface area contributed by atoms with Gasteiger partial charge < -0.3 is 15.2 Å². The molecule has 1 aromatic heterocycles. The Morgan fingerprint density at radius 2 is 1.77 bits per heavy atom. The first-order chi connectivity index (χ1) is 25.8. The van der Waals surface area contributed by atoms with Crippen molar-refractivity contribution in [3.63, 3.8) is 0 Å². The molecule has 4 N–H and O–H groups in total. The molecule has 1 aliphatic carbocycles. The number of phenols is 1. The second-order valence-corrected chi connectivity index (χ2v) is 18.0. The van der Waals surface area contributed by atoms with Crippen molar-refractivity contribution in [3.05, 3.63) is 141 Å². The van der Waals surface area contributed by atoms with Crippen LogP contribution in [-0.4, -0.2) is 74.1 Å². The number of nitrogens with one attached hydrogen (secondary N) is 2. The number of aromatic nitrogens is 1. The molecule has 3 aliphatic heterocycles. The van der Waals surface area contributed by atoms with E-state index in [2.05, 4.69) is 63.7 Å². The Balaban J connectivity index is 0.855. The number of H-pyrrole nitrogens is 1. The van der Waals surface area contributed by atoms with Gasteiger partial charge in [0, 0.05) is 18.0 Å². The molecule has 3 saturated heterocycles. The topological polar surface area (TPSA) is 124 Å². The van der Waals surface area contributed by atoms with Crippen LogP contribution in [0.4, 0.5) is 0 Å². The molecule has 9 nitrogen and oxygen atoms in total. The maximum atomic E-state index is 14.2. The number of esters is 1. The van der Waals surface area contributed by atoms with Crippen LogP contribution in [0.1, 0.15) is 58.7 Å². The van der Waals surface area contributed by atoms with Crippen molar-refractivity contribution in [2.75, 3.05) is 26.2 Å². The van der Waals surface area contributed by atoms with Gasteiger partial charge in [-0.25, -0.2) is 0 Å². The third-order valence-corrected chi connectivity index (χ3v) is 15.3. The number of aryl methyl sites for hydroxylation is 1. The predicted molar refractivity (Wildman–Crippen MR) is 206 cm³/mol. The van der Waals surface area contributed by atoms with E-state index in [0.717, 1.165) is 67.4 Å². The van der Waals surface area contributed by atoms with Crippen LogP contribution in [0.3, 0.4) is 0 Å². The average Bonchev–Trinajstić information content (AvgIpc) is 3.57. The standard InChI is InChI=1S/C43H46AsN3O6/c48-37-14-12-34(35-13-15-40(50)46-41(35)37)38(49)25-45-24-28-8-10-29(11-9-28)27-52-33-6-3-4-30(22-33)23-44-43(19-16-31-5-1-2-7-36(31)43)42(51)53-39-26-47-20-17-32(39)18-21-47/h1-15,22,32,38-39,44-45,48-49H,16-21,23-27H2,(H,46,50)/t38-,39-,43?/m0/s1. The fraction of sp³-hybridized carbons (Fsp3) is 0.349. The quantitative estimate of drug-likeness (QED) is 0.0969. The van der Waals surface area contributed by atoms with Gasteiger partial charge in [0.15, 0.2) is 0 Å². The number of pyridine rings is 1. The van der Waals surface area contributed by atoms with Crippen LogP contribution in [0.25, 0.3) is 10.9 Å². The molecule has 3 fully saturated rings. The van der Waals surface area contributed by atoms with E-state index in [-0.39, 0.29) is 23.4 Å².